The average molecular weight is 548 g/mol. The lowest BCUT2D eigenvalue weighted by atomic mass is 10.1. The fourth-order valence-electron chi connectivity index (χ4n) is 5.05. The first-order chi connectivity index (χ1) is 18.8. The van der Waals surface area contributed by atoms with Gasteiger partial charge in [0.1, 0.15) is 5.82 Å². The molecule has 0 aliphatic carbocycles. The standard InChI is InChI=1S/C29H37N7O2S/c1-22-19-24-21-26(10-11-27(24)31-22)32-28-12-13-30-29(34-28)33-25-9-6-8-23(20-25)7-4-3-5-14-35-15-17-36(18-16-35)39(2,37)38/h6,8-13,19-21,31H,3-5,7,14-18H2,1-2H3,(H2,30,32,33,34). The van der Waals surface area contributed by atoms with E-state index in [4.69, 9.17) is 0 Å². The van der Waals surface area contributed by atoms with Crippen LogP contribution in [-0.4, -0.2) is 71.6 Å². The fraction of sp³-hybridized carbons (Fsp3) is 0.379. The lowest BCUT2D eigenvalue weighted by molar-refractivity contribution is 0.186. The number of aromatic amines is 1. The van der Waals surface area contributed by atoms with E-state index in [-0.39, 0.29) is 0 Å². The highest BCUT2D eigenvalue weighted by atomic mass is 32.2. The molecule has 1 saturated heterocycles. The van der Waals surface area contributed by atoms with Crippen molar-refractivity contribution in [2.45, 2.75) is 32.6 Å². The van der Waals surface area contributed by atoms with Gasteiger partial charge in [0.25, 0.3) is 0 Å². The number of hydrogen-bond acceptors (Lipinski definition) is 7. The van der Waals surface area contributed by atoms with Crippen LogP contribution in [0.2, 0.25) is 0 Å². The van der Waals surface area contributed by atoms with Gasteiger partial charge in [0, 0.05) is 60.3 Å². The first-order valence-corrected chi connectivity index (χ1v) is 15.4. The van der Waals surface area contributed by atoms with Crippen LogP contribution in [-0.2, 0) is 16.4 Å². The number of sulfonamides is 1. The van der Waals surface area contributed by atoms with Gasteiger partial charge in [-0.1, -0.05) is 18.6 Å². The molecule has 0 unspecified atom stereocenters. The third-order valence-corrected chi connectivity index (χ3v) is 8.41. The van der Waals surface area contributed by atoms with Gasteiger partial charge in [-0.05, 0) is 80.8 Å². The molecule has 0 saturated carbocycles. The molecule has 0 bridgehead atoms. The third kappa shape index (κ3) is 7.56. The molecule has 9 nitrogen and oxygen atoms in total. The fourth-order valence-corrected chi connectivity index (χ4v) is 5.88. The van der Waals surface area contributed by atoms with Gasteiger partial charge in [-0.2, -0.15) is 9.29 Å². The van der Waals surface area contributed by atoms with E-state index in [1.165, 1.54) is 11.8 Å². The number of aromatic nitrogens is 3. The number of anilines is 4. The maximum absolute atomic E-state index is 11.7. The van der Waals surface area contributed by atoms with Gasteiger partial charge in [-0.3, -0.25) is 0 Å². The van der Waals surface area contributed by atoms with E-state index >= 15 is 0 Å². The normalized spacial score (nSPS) is 15.0. The zero-order valence-electron chi connectivity index (χ0n) is 22.7. The Morgan fingerprint density at radius 1 is 0.923 bits per heavy atom. The number of nitrogens with one attached hydrogen (secondary N) is 3. The van der Waals surface area contributed by atoms with Crippen molar-refractivity contribution in [3.63, 3.8) is 0 Å². The van der Waals surface area contributed by atoms with Crippen molar-refractivity contribution in [1.82, 2.24) is 24.2 Å². The Morgan fingerprint density at radius 3 is 2.56 bits per heavy atom. The number of hydrogen-bond donors (Lipinski definition) is 3. The van der Waals surface area contributed by atoms with Crippen molar-refractivity contribution in [1.29, 1.82) is 0 Å². The highest BCUT2D eigenvalue weighted by molar-refractivity contribution is 7.88. The number of nitrogens with zero attached hydrogens (tertiary/aromatic N) is 4. The highest BCUT2D eigenvalue weighted by Gasteiger charge is 2.22. The molecule has 0 spiro atoms. The van der Waals surface area contributed by atoms with Gasteiger partial charge in [0.2, 0.25) is 16.0 Å². The van der Waals surface area contributed by atoms with Crippen LogP contribution in [0.25, 0.3) is 10.9 Å². The Balaban J connectivity index is 1.08. The average Bonchev–Trinajstić information content (AvgIpc) is 3.28. The molecule has 1 aliphatic heterocycles. The van der Waals surface area contributed by atoms with E-state index in [0.717, 1.165) is 79.1 Å². The summed E-state index contributed by atoms with van der Waals surface area (Å²) >= 11 is 0. The summed E-state index contributed by atoms with van der Waals surface area (Å²) in [5.41, 5.74) is 5.49. The van der Waals surface area contributed by atoms with Crippen LogP contribution in [0.5, 0.6) is 0 Å². The number of benzene rings is 2. The van der Waals surface area contributed by atoms with Crippen LogP contribution < -0.4 is 10.6 Å². The van der Waals surface area contributed by atoms with Crippen molar-refractivity contribution >= 4 is 44.1 Å². The SMILES string of the molecule is Cc1cc2cc(Nc3ccnc(Nc4cccc(CCCCCN5CCN(S(C)(=O)=O)CC5)c4)n3)ccc2[nH]1. The van der Waals surface area contributed by atoms with Crippen LogP contribution in [0.1, 0.15) is 30.5 Å². The monoisotopic (exact) mass is 547 g/mol. The predicted octanol–water partition coefficient (Wildman–Crippen LogP) is 5.04. The van der Waals surface area contributed by atoms with Crippen molar-refractivity contribution in [3.05, 3.63) is 72.1 Å². The second-order valence-electron chi connectivity index (χ2n) is 10.3. The smallest absolute Gasteiger partial charge is 0.229 e. The Hall–Kier alpha value is -3.47. The van der Waals surface area contributed by atoms with Gasteiger partial charge in [-0.25, -0.2) is 13.4 Å². The summed E-state index contributed by atoms with van der Waals surface area (Å²) in [5, 5.41) is 7.88. The molecular formula is C29H37N7O2S. The molecule has 3 N–H and O–H groups in total. The maximum Gasteiger partial charge on any atom is 0.229 e. The number of H-pyrrole nitrogens is 1. The van der Waals surface area contributed by atoms with E-state index in [1.54, 1.807) is 10.5 Å². The first kappa shape index (κ1) is 27.1. The largest absolute Gasteiger partial charge is 0.359 e. The van der Waals surface area contributed by atoms with Gasteiger partial charge in [0.05, 0.1) is 6.26 Å². The minimum atomic E-state index is -3.06. The Labute approximate surface area is 230 Å². The Morgan fingerprint density at radius 2 is 1.74 bits per heavy atom. The summed E-state index contributed by atoms with van der Waals surface area (Å²) in [6.07, 6.45) is 7.45. The van der Waals surface area contributed by atoms with E-state index in [1.807, 2.05) is 18.2 Å². The molecule has 2 aromatic carbocycles. The molecule has 2 aromatic heterocycles. The second-order valence-corrected chi connectivity index (χ2v) is 12.3. The van der Waals surface area contributed by atoms with E-state index < -0.39 is 10.0 Å². The molecule has 206 valence electrons. The van der Waals surface area contributed by atoms with Gasteiger partial charge < -0.3 is 20.5 Å². The van der Waals surface area contributed by atoms with Crippen molar-refractivity contribution in [3.8, 4) is 0 Å². The Bertz CT molecular complexity index is 1510. The molecule has 10 heteroatoms. The molecule has 3 heterocycles. The molecule has 5 rings (SSSR count). The number of fused-ring (bicyclic) bond motifs is 1. The van der Waals surface area contributed by atoms with Crippen LogP contribution in [0.3, 0.4) is 0 Å². The lowest BCUT2D eigenvalue weighted by Gasteiger charge is -2.33. The summed E-state index contributed by atoms with van der Waals surface area (Å²) in [5.74, 6) is 1.28. The van der Waals surface area contributed by atoms with E-state index in [0.29, 0.717) is 19.0 Å². The minimum Gasteiger partial charge on any atom is -0.359 e. The van der Waals surface area contributed by atoms with Crippen LogP contribution >= 0.6 is 0 Å². The molecule has 1 aliphatic rings. The lowest BCUT2D eigenvalue weighted by Crippen LogP contribution is -2.48. The zero-order chi connectivity index (χ0) is 27.2. The number of rotatable bonds is 11. The van der Waals surface area contributed by atoms with Crippen LogP contribution in [0.15, 0.2) is 60.8 Å². The number of unbranched alkanes of at least 4 members (excludes halogenated alkanes) is 2. The summed E-state index contributed by atoms with van der Waals surface area (Å²) in [7, 11) is -3.06. The minimum absolute atomic E-state index is 0.548. The summed E-state index contributed by atoms with van der Waals surface area (Å²) in [4.78, 5) is 14.8. The van der Waals surface area contributed by atoms with Gasteiger partial charge in [0.15, 0.2) is 0 Å². The van der Waals surface area contributed by atoms with Crippen molar-refractivity contribution < 1.29 is 8.42 Å². The zero-order valence-corrected chi connectivity index (χ0v) is 23.5. The summed E-state index contributed by atoms with van der Waals surface area (Å²) in [6.45, 7) is 5.93. The topological polar surface area (TPSA) is 106 Å². The quantitative estimate of drug-likeness (QED) is 0.226. The predicted molar refractivity (Wildman–Crippen MR) is 158 cm³/mol. The van der Waals surface area contributed by atoms with E-state index in [9.17, 15) is 8.42 Å². The third-order valence-electron chi connectivity index (χ3n) is 7.11. The highest BCUT2D eigenvalue weighted by Crippen LogP contribution is 2.23. The summed E-state index contributed by atoms with van der Waals surface area (Å²) < 4.78 is 24.9. The molecule has 4 aromatic rings. The molecule has 0 atom stereocenters. The number of piperazine rings is 1. The van der Waals surface area contributed by atoms with Crippen molar-refractivity contribution in [2.75, 3.05) is 49.6 Å². The molecule has 39 heavy (non-hydrogen) atoms. The van der Waals surface area contributed by atoms with Gasteiger partial charge >= 0.3 is 0 Å². The molecular weight excluding hydrogens is 510 g/mol. The number of aryl methyl sites for hydroxylation is 2. The molecule has 1 fully saturated rings. The van der Waals surface area contributed by atoms with E-state index in [2.05, 4.69) is 73.8 Å². The Kier molecular flexibility index (Phi) is 8.44. The van der Waals surface area contributed by atoms with Crippen LogP contribution in [0.4, 0.5) is 23.1 Å². The molecule has 0 radical (unpaired) electrons. The van der Waals surface area contributed by atoms with Crippen molar-refractivity contribution in [2.24, 2.45) is 0 Å². The summed E-state index contributed by atoms with van der Waals surface area (Å²) in [6, 6.07) is 18.6. The maximum atomic E-state index is 11.7. The second kappa shape index (κ2) is 12.1. The molecule has 0 amide bonds. The van der Waals surface area contributed by atoms with Gasteiger partial charge in [-0.15, -0.1) is 0 Å². The first-order valence-electron chi connectivity index (χ1n) is 13.5. The van der Waals surface area contributed by atoms with Crippen LogP contribution in [0, 0.1) is 6.92 Å².